The lowest BCUT2D eigenvalue weighted by atomic mass is 10.1. The van der Waals surface area contributed by atoms with Gasteiger partial charge in [-0.1, -0.05) is 0 Å². The summed E-state index contributed by atoms with van der Waals surface area (Å²) in [5.41, 5.74) is 2.27. The van der Waals surface area contributed by atoms with Crippen molar-refractivity contribution < 1.29 is 14.3 Å². The Balaban J connectivity index is 1.47. The Kier molecular flexibility index (Phi) is 8.61. The molecule has 0 radical (unpaired) electrons. The molecule has 0 aromatic heterocycles. The molecule has 1 amide bonds. The molecule has 0 bridgehead atoms. The number of hydrogen-bond donors (Lipinski definition) is 2. The molecular formula is C24H39N5O3. The van der Waals surface area contributed by atoms with Crippen molar-refractivity contribution in [3.05, 3.63) is 23.3 Å². The SMILES string of the molecule is CCOc1cc2c(cc1CNC(=NC)NCCCN1CCCC1C(=O)N(C)C)OC(C)C2. The van der Waals surface area contributed by atoms with Crippen molar-refractivity contribution >= 4 is 11.9 Å². The normalized spacial score (nSPS) is 20.6. The van der Waals surface area contributed by atoms with E-state index < -0.39 is 0 Å². The molecule has 178 valence electrons. The minimum atomic E-state index is 0.0316. The van der Waals surface area contributed by atoms with Gasteiger partial charge in [0.05, 0.1) is 12.6 Å². The van der Waals surface area contributed by atoms with Crippen LogP contribution in [-0.4, -0.2) is 81.2 Å². The molecule has 1 saturated heterocycles. The van der Waals surface area contributed by atoms with E-state index in [2.05, 4.69) is 39.6 Å². The van der Waals surface area contributed by atoms with E-state index in [1.165, 1.54) is 5.56 Å². The topological polar surface area (TPSA) is 78.4 Å². The summed E-state index contributed by atoms with van der Waals surface area (Å²) in [5.74, 6) is 2.82. The maximum Gasteiger partial charge on any atom is 0.239 e. The minimum absolute atomic E-state index is 0.0316. The Morgan fingerprint density at radius 2 is 2.16 bits per heavy atom. The highest BCUT2D eigenvalue weighted by Crippen LogP contribution is 2.35. The van der Waals surface area contributed by atoms with E-state index in [4.69, 9.17) is 9.47 Å². The van der Waals surface area contributed by atoms with E-state index in [1.54, 1.807) is 11.9 Å². The number of carbonyl (C=O) groups excluding carboxylic acids is 1. The molecule has 1 fully saturated rings. The molecule has 2 heterocycles. The summed E-state index contributed by atoms with van der Waals surface area (Å²) in [6.07, 6.45) is 4.13. The predicted molar refractivity (Wildman–Crippen MR) is 128 cm³/mol. The van der Waals surface area contributed by atoms with Crippen LogP contribution in [0.2, 0.25) is 0 Å². The van der Waals surface area contributed by atoms with Gasteiger partial charge in [-0.3, -0.25) is 14.7 Å². The van der Waals surface area contributed by atoms with Crippen LogP contribution in [-0.2, 0) is 17.8 Å². The average Bonchev–Trinajstić information content (AvgIpc) is 3.37. The zero-order valence-corrected chi connectivity index (χ0v) is 20.2. The Bertz CT molecular complexity index is 811. The first-order valence-electron chi connectivity index (χ1n) is 11.8. The maximum absolute atomic E-state index is 12.3. The quantitative estimate of drug-likeness (QED) is 0.344. The highest BCUT2D eigenvalue weighted by Gasteiger charge is 2.31. The van der Waals surface area contributed by atoms with E-state index in [-0.39, 0.29) is 18.1 Å². The van der Waals surface area contributed by atoms with Gasteiger partial charge in [0.2, 0.25) is 5.91 Å². The van der Waals surface area contributed by atoms with Gasteiger partial charge in [-0.05, 0) is 51.8 Å². The number of benzene rings is 1. The number of amides is 1. The van der Waals surface area contributed by atoms with Crippen LogP contribution < -0.4 is 20.1 Å². The monoisotopic (exact) mass is 445 g/mol. The third kappa shape index (κ3) is 6.06. The first-order valence-corrected chi connectivity index (χ1v) is 11.8. The number of nitrogens with zero attached hydrogens (tertiary/aromatic N) is 3. The number of likely N-dealkylation sites (tertiary alicyclic amines) is 1. The first-order chi connectivity index (χ1) is 15.4. The summed E-state index contributed by atoms with van der Waals surface area (Å²) in [5, 5.41) is 6.77. The molecule has 2 aliphatic rings. The van der Waals surface area contributed by atoms with E-state index in [1.807, 2.05) is 21.0 Å². The van der Waals surface area contributed by atoms with Crippen LogP contribution in [0.1, 0.15) is 44.2 Å². The fourth-order valence-corrected chi connectivity index (χ4v) is 4.47. The van der Waals surface area contributed by atoms with Crippen LogP contribution in [0.4, 0.5) is 0 Å². The van der Waals surface area contributed by atoms with E-state index in [9.17, 15) is 4.79 Å². The molecule has 3 rings (SSSR count). The Morgan fingerprint density at radius 1 is 1.34 bits per heavy atom. The van der Waals surface area contributed by atoms with E-state index in [0.717, 1.165) is 68.3 Å². The lowest BCUT2D eigenvalue weighted by Crippen LogP contribution is -2.44. The van der Waals surface area contributed by atoms with Crippen LogP contribution in [0.25, 0.3) is 0 Å². The predicted octanol–water partition coefficient (Wildman–Crippen LogP) is 2.02. The lowest BCUT2D eigenvalue weighted by Gasteiger charge is -2.26. The van der Waals surface area contributed by atoms with Crippen molar-refractivity contribution in [3.63, 3.8) is 0 Å². The van der Waals surface area contributed by atoms with Crippen molar-refractivity contribution in [1.29, 1.82) is 0 Å². The first kappa shape index (κ1) is 24.2. The van der Waals surface area contributed by atoms with Crippen molar-refractivity contribution in [1.82, 2.24) is 20.4 Å². The van der Waals surface area contributed by atoms with Crippen LogP contribution in [0.3, 0.4) is 0 Å². The van der Waals surface area contributed by atoms with Crippen molar-refractivity contribution in [2.75, 3.05) is 47.4 Å². The fraction of sp³-hybridized carbons (Fsp3) is 0.667. The van der Waals surface area contributed by atoms with Gasteiger partial charge in [-0.25, -0.2) is 0 Å². The fourth-order valence-electron chi connectivity index (χ4n) is 4.47. The number of ether oxygens (including phenoxy) is 2. The molecule has 8 nitrogen and oxygen atoms in total. The molecule has 0 aliphatic carbocycles. The second-order valence-corrected chi connectivity index (χ2v) is 8.77. The van der Waals surface area contributed by atoms with Gasteiger partial charge >= 0.3 is 0 Å². The van der Waals surface area contributed by atoms with E-state index >= 15 is 0 Å². The molecule has 2 N–H and O–H groups in total. The van der Waals surface area contributed by atoms with Gasteiger partial charge in [0.1, 0.15) is 17.6 Å². The zero-order valence-electron chi connectivity index (χ0n) is 20.2. The van der Waals surface area contributed by atoms with Crippen LogP contribution in [0.15, 0.2) is 17.1 Å². The second kappa shape index (κ2) is 11.4. The van der Waals surface area contributed by atoms with Crippen LogP contribution >= 0.6 is 0 Å². The molecule has 1 aromatic rings. The second-order valence-electron chi connectivity index (χ2n) is 8.77. The number of rotatable bonds is 9. The van der Waals surface area contributed by atoms with Gasteiger partial charge in [-0.15, -0.1) is 0 Å². The third-order valence-electron chi connectivity index (χ3n) is 6.05. The molecule has 2 atom stereocenters. The van der Waals surface area contributed by atoms with E-state index in [0.29, 0.717) is 13.2 Å². The number of aliphatic imine (C=N–C) groups is 1. The summed E-state index contributed by atoms with van der Waals surface area (Å²) in [6, 6.07) is 4.22. The minimum Gasteiger partial charge on any atom is -0.494 e. The Morgan fingerprint density at radius 3 is 2.88 bits per heavy atom. The number of likely N-dealkylation sites (N-methyl/N-ethyl adjacent to an activating group) is 1. The number of hydrogen-bond acceptors (Lipinski definition) is 5. The largest absolute Gasteiger partial charge is 0.494 e. The maximum atomic E-state index is 12.3. The highest BCUT2D eigenvalue weighted by atomic mass is 16.5. The summed E-state index contributed by atoms with van der Waals surface area (Å²) in [7, 11) is 5.44. The smallest absolute Gasteiger partial charge is 0.239 e. The molecular weight excluding hydrogens is 406 g/mol. The number of fused-ring (bicyclic) bond motifs is 1. The zero-order chi connectivity index (χ0) is 23.1. The Labute approximate surface area is 192 Å². The van der Waals surface area contributed by atoms with Gasteiger partial charge in [0.15, 0.2) is 5.96 Å². The number of guanidine groups is 1. The summed E-state index contributed by atoms with van der Waals surface area (Å²) < 4.78 is 11.8. The number of nitrogens with one attached hydrogen (secondary N) is 2. The molecule has 32 heavy (non-hydrogen) atoms. The summed E-state index contributed by atoms with van der Waals surface area (Å²) in [4.78, 5) is 20.7. The molecule has 2 aliphatic heterocycles. The average molecular weight is 446 g/mol. The molecule has 0 saturated carbocycles. The van der Waals surface area contributed by atoms with Gasteiger partial charge < -0.3 is 25.0 Å². The van der Waals surface area contributed by atoms with Gasteiger partial charge in [0.25, 0.3) is 0 Å². The van der Waals surface area contributed by atoms with Crippen LogP contribution in [0, 0.1) is 0 Å². The van der Waals surface area contributed by atoms with Crippen molar-refractivity contribution in [2.45, 2.75) is 58.2 Å². The van der Waals surface area contributed by atoms with Gasteiger partial charge in [0, 0.05) is 58.3 Å². The molecule has 2 unspecified atom stereocenters. The standard InChI is InChI=1S/C24H39N5O3/c1-6-31-21-14-18-13-17(2)32-22(18)15-19(21)16-27-24(25-3)26-10-8-12-29-11-7-9-20(29)23(30)28(4)5/h14-15,17,20H,6-13,16H2,1-5H3,(H2,25,26,27). The third-order valence-corrected chi connectivity index (χ3v) is 6.05. The van der Waals surface area contributed by atoms with Crippen LogP contribution in [0.5, 0.6) is 11.5 Å². The Hall–Kier alpha value is -2.48. The number of carbonyl (C=O) groups is 1. The summed E-state index contributed by atoms with van der Waals surface area (Å²) in [6.45, 7) is 8.02. The molecule has 1 aromatic carbocycles. The van der Waals surface area contributed by atoms with Gasteiger partial charge in [-0.2, -0.15) is 0 Å². The molecule has 8 heteroatoms. The summed E-state index contributed by atoms with van der Waals surface area (Å²) >= 11 is 0. The lowest BCUT2D eigenvalue weighted by molar-refractivity contribution is -0.133. The van der Waals surface area contributed by atoms with Crippen molar-refractivity contribution in [2.24, 2.45) is 4.99 Å². The highest BCUT2D eigenvalue weighted by molar-refractivity contribution is 5.81. The van der Waals surface area contributed by atoms with Crippen molar-refractivity contribution in [3.8, 4) is 11.5 Å². The molecule has 0 spiro atoms.